The van der Waals surface area contributed by atoms with Crippen LogP contribution in [-0.4, -0.2) is 23.0 Å². The molecule has 4 heteroatoms. The fourth-order valence-electron chi connectivity index (χ4n) is 1.69. The first-order valence-electron chi connectivity index (χ1n) is 4.78. The smallest absolute Gasteiger partial charge is 0.326 e. The van der Waals surface area contributed by atoms with Crippen LogP contribution < -0.4 is 5.32 Å². The number of allylic oxidation sites excluding steroid dienone is 1. The Labute approximate surface area is 83.0 Å². The molecule has 0 aliphatic heterocycles. The van der Waals surface area contributed by atoms with E-state index in [1.807, 2.05) is 12.2 Å². The molecule has 0 fully saturated rings. The van der Waals surface area contributed by atoms with Crippen molar-refractivity contribution in [2.75, 3.05) is 0 Å². The molecule has 0 saturated carbocycles. The monoisotopic (exact) mass is 197 g/mol. The molecule has 0 aromatic rings. The summed E-state index contributed by atoms with van der Waals surface area (Å²) in [6.45, 7) is 1.34. The molecule has 78 valence electrons. The Morgan fingerprint density at radius 3 is 2.71 bits per heavy atom. The molecule has 0 aromatic heterocycles. The molecular weight excluding hydrogens is 182 g/mol. The highest BCUT2D eigenvalue weighted by Crippen LogP contribution is 2.20. The van der Waals surface area contributed by atoms with Crippen LogP contribution >= 0.6 is 0 Å². The molecule has 1 aliphatic carbocycles. The second kappa shape index (κ2) is 4.79. The minimum absolute atomic E-state index is 0.0647. The Morgan fingerprint density at radius 2 is 2.29 bits per heavy atom. The van der Waals surface area contributed by atoms with Gasteiger partial charge in [-0.3, -0.25) is 4.79 Å². The zero-order valence-electron chi connectivity index (χ0n) is 8.19. The maximum Gasteiger partial charge on any atom is 0.326 e. The standard InChI is InChI=1S/C10H15NO3/c1-7(12)11-9(10(13)14)8-5-3-2-4-6-8/h3,5,8-9H,2,4,6H2,1H3,(H,11,12)(H,13,14). The van der Waals surface area contributed by atoms with Gasteiger partial charge < -0.3 is 10.4 Å². The number of carboxylic acid groups (broad SMARTS) is 1. The van der Waals surface area contributed by atoms with Gasteiger partial charge in [0.05, 0.1) is 0 Å². The highest BCUT2D eigenvalue weighted by molar-refractivity contribution is 5.82. The summed E-state index contributed by atoms with van der Waals surface area (Å²) in [4.78, 5) is 21.7. The van der Waals surface area contributed by atoms with Gasteiger partial charge in [0, 0.05) is 12.8 Å². The van der Waals surface area contributed by atoms with Crippen molar-refractivity contribution in [3.05, 3.63) is 12.2 Å². The summed E-state index contributed by atoms with van der Waals surface area (Å²) in [7, 11) is 0. The number of hydrogen-bond donors (Lipinski definition) is 2. The number of nitrogens with one attached hydrogen (secondary N) is 1. The summed E-state index contributed by atoms with van der Waals surface area (Å²) < 4.78 is 0. The molecule has 2 N–H and O–H groups in total. The molecule has 0 bridgehead atoms. The Bertz CT molecular complexity index is 260. The second-order valence-electron chi connectivity index (χ2n) is 3.54. The minimum atomic E-state index is -0.961. The Hall–Kier alpha value is -1.32. The molecule has 4 nitrogen and oxygen atoms in total. The van der Waals surface area contributed by atoms with Crippen molar-refractivity contribution in [2.45, 2.75) is 32.2 Å². The van der Waals surface area contributed by atoms with Crippen molar-refractivity contribution in [1.29, 1.82) is 0 Å². The fourth-order valence-corrected chi connectivity index (χ4v) is 1.69. The lowest BCUT2D eigenvalue weighted by Crippen LogP contribution is -2.44. The van der Waals surface area contributed by atoms with Crippen molar-refractivity contribution in [3.63, 3.8) is 0 Å². The van der Waals surface area contributed by atoms with E-state index in [0.717, 1.165) is 19.3 Å². The topological polar surface area (TPSA) is 66.4 Å². The van der Waals surface area contributed by atoms with Gasteiger partial charge in [-0.1, -0.05) is 12.2 Å². The molecule has 14 heavy (non-hydrogen) atoms. The third-order valence-electron chi connectivity index (χ3n) is 2.34. The van der Waals surface area contributed by atoms with Crippen molar-refractivity contribution >= 4 is 11.9 Å². The molecule has 0 radical (unpaired) electrons. The van der Waals surface area contributed by atoms with Crippen molar-refractivity contribution in [1.82, 2.24) is 5.32 Å². The average Bonchev–Trinajstić information content (AvgIpc) is 2.15. The summed E-state index contributed by atoms with van der Waals surface area (Å²) in [6.07, 6.45) is 6.69. The largest absolute Gasteiger partial charge is 0.480 e. The van der Waals surface area contributed by atoms with Crippen molar-refractivity contribution in [3.8, 4) is 0 Å². The fraction of sp³-hybridized carbons (Fsp3) is 0.600. The Balaban J connectivity index is 2.65. The Morgan fingerprint density at radius 1 is 1.57 bits per heavy atom. The van der Waals surface area contributed by atoms with E-state index in [1.165, 1.54) is 6.92 Å². The number of carbonyl (C=O) groups is 2. The first-order valence-corrected chi connectivity index (χ1v) is 4.78. The summed E-state index contributed by atoms with van der Waals surface area (Å²) >= 11 is 0. The van der Waals surface area contributed by atoms with Crippen LogP contribution in [0.2, 0.25) is 0 Å². The molecule has 0 heterocycles. The third kappa shape index (κ3) is 2.87. The molecule has 0 aromatic carbocycles. The van der Waals surface area contributed by atoms with Crippen LogP contribution in [0.25, 0.3) is 0 Å². The van der Waals surface area contributed by atoms with Crippen LogP contribution in [0.4, 0.5) is 0 Å². The van der Waals surface area contributed by atoms with Gasteiger partial charge in [0.2, 0.25) is 5.91 Å². The number of amides is 1. The molecule has 1 aliphatic rings. The highest BCUT2D eigenvalue weighted by atomic mass is 16.4. The number of rotatable bonds is 3. The third-order valence-corrected chi connectivity index (χ3v) is 2.34. The van der Waals surface area contributed by atoms with Crippen LogP contribution in [0.1, 0.15) is 26.2 Å². The van der Waals surface area contributed by atoms with Crippen LogP contribution in [0.5, 0.6) is 0 Å². The number of hydrogen-bond acceptors (Lipinski definition) is 2. The zero-order chi connectivity index (χ0) is 10.6. The molecular formula is C10H15NO3. The Kier molecular flexibility index (Phi) is 3.68. The van der Waals surface area contributed by atoms with E-state index in [4.69, 9.17) is 5.11 Å². The molecule has 2 atom stereocenters. The predicted molar refractivity (Wildman–Crippen MR) is 51.7 cm³/mol. The highest BCUT2D eigenvalue weighted by Gasteiger charge is 2.27. The van der Waals surface area contributed by atoms with Gasteiger partial charge in [-0.15, -0.1) is 0 Å². The van der Waals surface area contributed by atoms with Crippen molar-refractivity contribution < 1.29 is 14.7 Å². The SMILES string of the molecule is CC(=O)NC(C(=O)O)C1C=CCCC1. The van der Waals surface area contributed by atoms with Crippen LogP contribution in [0, 0.1) is 5.92 Å². The van der Waals surface area contributed by atoms with Crippen molar-refractivity contribution in [2.24, 2.45) is 5.92 Å². The number of carboxylic acids is 1. The lowest BCUT2D eigenvalue weighted by molar-refractivity contribution is -0.142. The molecule has 2 unspecified atom stereocenters. The average molecular weight is 197 g/mol. The van der Waals surface area contributed by atoms with Gasteiger partial charge in [0.1, 0.15) is 6.04 Å². The number of aliphatic carboxylic acids is 1. The van der Waals surface area contributed by atoms with Crippen LogP contribution in [0.3, 0.4) is 0 Å². The van der Waals surface area contributed by atoms with Gasteiger partial charge in [0.15, 0.2) is 0 Å². The first kappa shape index (κ1) is 10.8. The molecule has 1 rings (SSSR count). The van der Waals surface area contributed by atoms with Gasteiger partial charge in [-0.2, -0.15) is 0 Å². The van der Waals surface area contributed by atoms with E-state index < -0.39 is 12.0 Å². The summed E-state index contributed by atoms with van der Waals surface area (Å²) in [5.74, 6) is -1.32. The van der Waals surface area contributed by atoms with E-state index in [9.17, 15) is 9.59 Å². The van der Waals surface area contributed by atoms with E-state index in [0.29, 0.717) is 0 Å². The maximum atomic E-state index is 10.9. The van der Waals surface area contributed by atoms with E-state index >= 15 is 0 Å². The van der Waals surface area contributed by atoms with E-state index in [1.54, 1.807) is 0 Å². The van der Waals surface area contributed by atoms with Crippen LogP contribution in [0.15, 0.2) is 12.2 Å². The molecule has 0 saturated heterocycles. The van der Waals surface area contributed by atoms with Gasteiger partial charge in [-0.25, -0.2) is 4.79 Å². The second-order valence-corrected chi connectivity index (χ2v) is 3.54. The van der Waals surface area contributed by atoms with Gasteiger partial charge in [-0.05, 0) is 19.3 Å². The first-order chi connectivity index (χ1) is 6.61. The minimum Gasteiger partial charge on any atom is -0.480 e. The lowest BCUT2D eigenvalue weighted by Gasteiger charge is -2.23. The summed E-state index contributed by atoms with van der Waals surface area (Å²) in [6, 6.07) is -0.774. The molecule has 1 amide bonds. The normalized spacial score (nSPS) is 22.8. The summed E-state index contributed by atoms with van der Waals surface area (Å²) in [5.41, 5.74) is 0. The lowest BCUT2D eigenvalue weighted by atomic mass is 9.89. The quantitative estimate of drug-likeness (QED) is 0.661. The van der Waals surface area contributed by atoms with Crippen LogP contribution in [-0.2, 0) is 9.59 Å². The summed E-state index contributed by atoms with van der Waals surface area (Å²) in [5, 5.41) is 11.4. The van der Waals surface area contributed by atoms with E-state index in [-0.39, 0.29) is 11.8 Å². The predicted octanol–water partition coefficient (Wildman–Crippen LogP) is 0.932. The van der Waals surface area contributed by atoms with E-state index in [2.05, 4.69) is 5.32 Å². The van der Waals surface area contributed by atoms with Gasteiger partial charge >= 0.3 is 5.97 Å². The number of carbonyl (C=O) groups excluding carboxylic acids is 1. The maximum absolute atomic E-state index is 10.9. The molecule has 0 spiro atoms. The zero-order valence-corrected chi connectivity index (χ0v) is 8.19. The van der Waals surface area contributed by atoms with Gasteiger partial charge in [0.25, 0.3) is 0 Å².